The zero-order chi connectivity index (χ0) is 21.1. The summed E-state index contributed by atoms with van der Waals surface area (Å²) >= 11 is 1.12. The maximum Gasteiger partial charge on any atom is 0.289 e. The van der Waals surface area contributed by atoms with Crippen LogP contribution in [0.3, 0.4) is 0 Å². The summed E-state index contributed by atoms with van der Waals surface area (Å²) in [5, 5.41) is 5.15. The average molecular weight is 416 g/mol. The van der Waals surface area contributed by atoms with Gasteiger partial charge < -0.3 is 5.32 Å². The molecule has 2 heterocycles. The zero-order valence-electron chi connectivity index (χ0n) is 16.9. The van der Waals surface area contributed by atoms with Gasteiger partial charge in [0, 0.05) is 18.0 Å². The molecular weight excluding hydrogens is 390 g/mol. The Bertz CT molecular complexity index is 1050. The van der Waals surface area contributed by atoms with E-state index in [9.17, 15) is 14.4 Å². The molecule has 3 rings (SSSR count). The summed E-state index contributed by atoms with van der Waals surface area (Å²) in [7, 11) is 0. The number of aromatic nitrogens is 3. The van der Waals surface area contributed by atoms with Gasteiger partial charge in [-0.2, -0.15) is 4.37 Å². The predicted octanol–water partition coefficient (Wildman–Crippen LogP) is 2.78. The Kier molecular flexibility index (Phi) is 6.26. The van der Waals surface area contributed by atoms with Gasteiger partial charge in [0.25, 0.3) is 5.91 Å². The van der Waals surface area contributed by atoms with Crippen molar-refractivity contribution >= 4 is 45.2 Å². The quantitative estimate of drug-likeness (QED) is 0.617. The second kappa shape index (κ2) is 8.69. The molecule has 0 fully saturated rings. The van der Waals surface area contributed by atoms with Crippen LogP contribution in [-0.2, 0) is 9.59 Å². The molecule has 1 atom stereocenters. The molecule has 9 heteroatoms. The summed E-state index contributed by atoms with van der Waals surface area (Å²) in [5.74, 6) is -0.857. The topological polar surface area (TPSA) is 105 Å². The number of para-hydroxylation sites is 2. The molecule has 8 nitrogen and oxygen atoms in total. The Balaban J connectivity index is 1.82. The predicted molar refractivity (Wildman–Crippen MR) is 112 cm³/mol. The summed E-state index contributed by atoms with van der Waals surface area (Å²) in [4.78, 5) is 42.6. The average Bonchev–Trinajstić information content (AvgIpc) is 3.18. The lowest BCUT2D eigenvalue weighted by molar-refractivity contribution is -0.132. The maximum atomic E-state index is 12.9. The fourth-order valence-electron chi connectivity index (χ4n) is 3.11. The lowest BCUT2D eigenvalue weighted by Gasteiger charge is -2.19. The number of carbonyl (C=O) groups excluding carboxylic acids is 3. The van der Waals surface area contributed by atoms with Crippen molar-refractivity contribution in [1.29, 1.82) is 0 Å². The van der Waals surface area contributed by atoms with E-state index in [0.717, 1.165) is 22.6 Å². The van der Waals surface area contributed by atoms with Gasteiger partial charge in [0.15, 0.2) is 0 Å². The van der Waals surface area contributed by atoms with Gasteiger partial charge in [-0.25, -0.2) is 4.98 Å². The van der Waals surface area contributed by atoms with Crippen molar-refractivity contribution in [2.45, 2.75) is 46.6 Å². The molecule has 0 unspecified atom stereocenters. The van der Waals surface area contributed by atoms with Gasteiger partial charge in [-0.05, 0) is 30.4 Å². The molecule has 0 radical (unpaired) electrons. The van der Waals surface area contributed by atoms with Crippen molar-refractivity contribution in [2.24, 2.45) is 11.8 Å². The highest BCUT2D eigenvalue weighted by Crippen LogP contribution is 2.21. The molecule has 29 heavy (non-hydrogen) atoms. The van der Waals surface area contributed by atoms with Crippen molar-refractivity contribution in [3.63, 3.8) is 0 Å². The smallest absolute Gasteiger partial charge is 0.289 e. The third-order valence-corrected chi connectivity index (χ3v) is 5.05. The van der Waals surface area contributed by atoms with E-state index >= 15 is 0 Å². The number of hydrogen-bond acceptors (Lipinski definition) is 6. The van der Waals surface area contributed by atoms with Crippen LogP contribution in [-0.4, -0.2) is 37.5 Å². The number of imide groups is 1. The van der Waals surface area contributed by atoms with Crippen molar-refractivity contribution in [2.75, 3.05) is 0 Å². The first-order valence-corrected chi connectivity index (χ1v) is 10.4. The molecule has 3 amide bonds. The summed E-state index contributed by atoms with van der Waals surface area (Å²) in [6.45, 7) is 7.71. The number of rotatable bonds is 7. The van der Waals surface area contributed by atoms with Crippen molar-refractivity contribution < 1.29 is 14.4 Å². The second-order valence-corrected chi connectivity index (χ2v) is 8.62. The molecule has 1 aromatic carbocycles. The number of nitrogens with one attached hydrogen (secondary N) is 2. The SMILES string of the molecule is CC(C)CC(=O)NC(=O)[C@H](CC(C)C)NC(=O)c1nsc2nc3ccccc3n12. The van der Waals surface area contributed by atoms with Gasteiger partial charge in [0.2, 0.25) is 22.6 Å². The van der Waals surface area contributed by atoms with E-state index in [1.807, 2.05) is 52.0 Å². The zero-order valence-corrected chi connectivity index (χ0v) is 17.7. The number of imidazole rings is 1. The highest BCUT2D eigenvalue weighted by Gasteiger charge is 2.27. The molecule has 0 aliphatic carbocycles. The van der Waals surface area contributed by atoms with Crippen LogP contribution in [0, 0.1) is 11.8 Å². The van der Waals surface area contributed by atoms with Crippen LogP contribution in [0.5, 0.6) is 0 Å². The summed E-state index contributed by atoms with van der Waals surface area (Å²) < 4.78 is 5.91. The van der Waals surface area contributed by atoms with E-state index < -0.39 is 17.9 Å². The van der Waals surface area contributed by atoms with Gasteiger partial charge in [0.05, 0.1) is 11.0 Å². The highest BCUT2D eigenvalue weighted by molar-refractivity contribution is 7.11. The minimum absolute atomic E-state index is 0.138. The standard InChI is InChI=1S/C20H25N5O3S/c1-11(2)9-14(18(27)23-16(26)10-12(3)4)21-19(28)17-24-29-20-22-13-7-5-6-8-15(13)25(17)20/h5-8,11-12,14H,9-10H2,1-4H3,(H,21,28)(H,23,26,27)/t14-/m0/s1. The van der Waals surface area contributed by atoms with Gasteiger partial charge in [-0.3, -0.25) is 24.1 Å². The van der Waals surface area contributed by atoms with Gasteiger partial charge in [-0.1, -0.05) is 39.8 Å². The first-order chi connectivity index (χ1) is 13.8. The third kappa shape index (κ3) is 4.79. The molecule has 0 saturated carbocycles. The molecule has 154 valence electrons. The van der Waals surface area contributed by atoms with E-state index in [1.165, 1.54) is 0 Å². The lowest BCUT2D eigenvalue weighted by atomic mass is 10.0. The molecule has 0 aliphatic rings. The summed E-state index contributed by atoms with van der Waals surface area (Å²) in [6, 6.07) is 6.65. The molecule has 3 aromatic rings. The first kappa shape index (κ1) is 20.9. The Morgan fingerprint density at radius 3 is 2.52 bits per heavy atom. The lowest BCUT2D eigenvalue weighted by Crippen LogP contribution is -2.49. The second-order valence-electron chi connectivity index (χ2n) is 7.89. The van der Waals surface area contributed by atoms with Crippen LogP contribution in [0.1, 0.15) is 51.2 Å². The van der Waals surface area contributed by atoms with E-state index in [1.54, 1.807) is 4.40 Å². The Morgan fingerprint density at radius 1 is 1.10 bits per heavy atom. The Labute approximate surface area is 172 Å². The van der Waals surface area contributed by atoms with Crippen molar-refractivity contribution in [3.8, 4) is 0 Å². The minimum Gasteiger partial charge on any atom is -0.338 e. The van der Waals surface area contributed by atoms with Crippen LogP contribution in [0.2, 0.25) is 0 Å². The molecular formula is C20H25N5O3S. The fraction of sp³-hybridized carbons (Fsp3) is 0.450. The van der Waals surface area contributed by atoms with Crippen LogP contribution < -0.4 is 10.6 Å². The van der Waals surface area contributed by atoms with Crippen LogP contribution in [0.4, 0.5) is 0 Å². The Morgan fingerprint density at radius 2 is 1.83 bits per heavy atom. The molecule has 2 aromatic heterocycles. The van der Waals surface area contributed by atoms with Crippen LogP contribution in [0.15, 0.2) is 24.3 Å². The van der Waals surface area contributed by atoms with E-state index in [4.69, 9.17) is 0 Å². The largest absolute Gasteiger partial charge is 0.338 e. The minimum atomic E-state index is -0.829. The molecule has 2 N–H and O–H groups in total. The first-order valence-electron chi connectivity index (χ1n) is 9.63. The van der Waals surface area contributed by atoms with E-state index in [2.05, 4.69) is 20.0 Å². The van der Waals surface area contributed by atoms with Crippen molar-refractivity contribution in [1.82, 2.24) is 24.4 Å². The molecule has 0 spiro atoms. The number of nitrogens with zero attached hydrogens (tertiary/aromatic N) is 3. The van der Waals surface area contributed by atoms with E-state index in [-0.39, 0.29) is 30.0 Å². The van der Waals surface area contributed by atoms with Gasteiger partial charge >= 0.3 is 0 Å². The molecule has 0 bridgehead atoms. The van der Waals surface area contributed by atoms with Crippen molar-refractivity contribution in [3.05, 3.63) is 30.1 Å². The normalized spacial score (nSPS) is 12.6. The molecule has 0 saturated heterocycles. The maximum absolute atomic E-state index is 12.9. The van der Waals surface area contributed by atoms with E-state index in [0.29, 0.717) is 11.4 Å². The monoisotopic (exact) mass is 415 g/mol. The fourth-order valence-corrected chi connectivity index (χ4v) is 3.85. The number of fused-ring (bicyclic) bond motifs is 3. The van der Waals surface area contributed by atoms with Crippen LogP contribution in [0.25, 0.3) is 16.0 Å². The Hall–Kier alpha value is -2.81. The summed E-state index contributed by atoms with van der Waals surface area (Å²) in [6.07, 6.45) is 0.659. The molecule has 0 aliphatic heterocycles. The number of hydrogen-bond donors (Lipinski definition) is 2. The number of amides is 3. The number of benzene rings is 1. The third-order valence-electron chi connectivity index (χ3n) is 4.34. The highest BCUT2D eigenvalue weighted by atomic mass is 32.1. The number of carbonyl (C=O) groups is 3. The van der Waals surface area contributed by atoms with Crippen LogP contribution >= 0.6 is 11.5 Å². The van der Waals surface area contributed by atoms with Gasteiger partial charge in [-0.15, -0.1) is 0 Å². The summed E-state index contributed by atoms with van der Waals surface area (Å²) in [5.41, 5.74) is 1.55. The van der Waals surface area contributed by atoms with Gasteiger partial charge in [0.1, 0.15) is 6.04 Å².